The Morgan fingerprint density at radius 3 is 2.48 bits per heavy atom. The number of nitrogens with one attached hydrogen (secondary N) is 1. The van der Waals surface area contributed by atoms with Gasteiger partial charge in [-0.3, -0.25) is 9.52 Å². The van der Waals surface area contributed by atoms with E-state index in [-0.39, 0.29) is 52.1 Å². The quantitative estimate of drug-likeness (QED) is 0.330. The van der Waals surface area contributed by atoms with Crippen LogP contribution in [0.25, 0.3) is 0 Å². The lowest BCUT2D eigenvalue weighted by atomic mass is 10.0. The first-order chi connectivity index (χ1) is 21.8. The number of amides is 1. The van der Waals surface area contributed by atoms with Crippen molar-refractivity contribution in [3.8, 4) is 5.75 Å². The number of benzene rings is 2. The van der Waals surface area contributed by atoms with E-state index in [1.807, 2.05) is 13.8 Å². The highest BCUT2D eigenvalue weighted by atomic mass is 32.2. The van der Waals surface area contributed by atoms with Gasteiger partial charge in [0.25, 0.3) is 26.0 Å². The van der Waals surface area contributed by atoms with E-state index in [0.29, 0.717) is 18.8 Å². The highest BCUT2D eigenvalue weighted by molar-refractivity contribution is 7.92. The number of aliphatic hydroxyl groups is 1. The first-order valence-corrected chi connectivity index (χ1v) is 19.1. The summed E-state index contributed by atoms with van der Waals surface area (Å²) < 4.78 is 69.2. The van der Waals surface area contributed by atoms with E-state index >= 15 is 0 Å². The number of thiophene rings is 1. The van der Waals surface area contributed by atoms with E-state index in [4.69, 9.17) is 9.47 Å². The molecule has 0 radical (unpaired) electrons. The van der Waals surface area contributed by atoms with Gasteiger partial charge in [-0.2, -0.15) is 4.31 Å². The topological polar surface area (TPSA) is 143 Å². The lowest BCUT2D eigenvalue weighted by Gasteiger charge is -2.35. The van der Waals surface area contributed by atoms with Gasteiger partial charge in [0.2, 0.25) is 0 Å². The fraction of sp³-hybridized carbons (Fsp3) is 0.469. The fourth-order valence-electron chi connectivity index (χ4n) is 5.18. The molecular formula is C32H43N3O8S3. The molecule has 3 aromatic rings. The Kier molecular flexibility index (Phi) is 12.2. The second kappa shape index (κ2) is 15.7. The number of fused-ring (bicyclic) bond motifs is 1. The third kappa shape index (κ3) is 8.87. The van der Waals surface area contributed by atoms with Gasteiger partial charge >= 0.3 is 0 Å². The van der Waals surface area contributed by atoms with E-state index in [0.717, 1.165) is 24.2 Å². The number of hydrogen-bond donors (Lipinski definition) is 2. The summed E-state index contributed by atoms with van der Waals surface area (Å²) in [4.78, 5) is 15.9. The minimum atomic E-state index is -3.93. The van der Waals surface area contributed by atoms with E-state index in [1.54, 1.807) is 54.8 Å². The van der Waals surface area contributed by atoms with Gasteiger partial charge in [0.1, 0.15) is 9.96 Å². The number of anilines is 1. The molecule has 1 aliphatic heterocycles. The molecule has 1 aromatic heterocycles. The van der Waals surface area contributed by atoms with Crippen LogP contribution >= 0.6 is 11.3 Å². The molecule has 11 nitrogen and oxygen atoms in total. The van der Waals surface area contributed by atoms with Crippen LogP contribution in [-0.4, -0.2) is 88.7 Å². The van der Waals surface area contributed by atoms with Gasteiger partial charge in [0.05, 0.1) is 35.3 Å². The molecule has 2 N–H and O–H groups in total. The molecule has 0 saturated carbocycles. The largest absolute Gasteiger partial charge is 0.490 e. The van der Waals surface area contributed by atoms with E-state index in [9.17, 15) is 26.7 Å². The lowest BCUT2D eigenvalue weighted by molar-refractivity contribution is -0.00832. The standard InChI is InChI=1S/C32H43N3O8S3/c1-23-20-35(24(2)22-36)32(37)28-19-26(33-45(38,39)27-12-6-5-7-13-27)15-16-29(28)43-25(3)11-8-9-17-42-30(23)21-34(4)46(40,41)31-14-10-18-44-31/h5-7,10,12-16,18-19,23-25,30,33,36H,8-9,11,17,20-22H2,1-4H3/t23-,24+,25-,30+/m1/s1. The molecule has 4 rings (SSSR count). The van der Waals surface area contributed by atoms with Crippen molar-refractivity contribution in [2.24, 2.45) is 5.92 Å². The summed E-state index contributed by atoms with van der Waals surface area (Å²) in [7, 11) is -6.15. The third-order valence-electron chi connectivity index (χ3n) is 7.95. The Labute approximate surface area is 276 Å². The van der Waals surface area contributed by atoms with Gasteiger partial charge in [0.15, 0.2) is 0 Å². The summed E-state index contributed by atoms with van der Waals surface area (Å²) in [6.45, 7) is 5.77. The highest BCUT2D eigenvalue weighted by Gasteiger charge is 2.33. The van der Waals surface area contributed by atoms with Crippen molar-refractivity contribution in [1.29, 1.82) is 0 Å². The van der Waals surface area contributed by atoms with Gasteiger partial charge < -0.3 is 19.5 Å². The Morgan fingerprint density at radius 1 is 1.07 bits per heavy atom. The van der Waals surface area contributed by atoms with Crippen molar-refractivity contribution in [3.63, 3.8) is 0 Å². The van der Waals surface area contributed by atoms with Crippen LogP contribution in [0.15, 0.2) is 75.1 Å². The zero-order chi connectivity index (χ0) is 33.5. The molecule has 252 valence electrons. The second-order valence-corrected chi connectivity index (χ2v) is 16.5. The summed E-state index contributed by atoms with van der Waals surface area (Å²) in [5.74, 6) is -0.508. The maximum Gasteiger partial charge on any atom is 0.261 e. The fourth-order valence-corrected chi connectivity index (χ4v) is 8.63. The molecule has 0 unspecified atom stereocenters. The Balaban J connectivity index is 1.68. The zero-order valence-electron chi connectivity index (χ0n) is 26.5. The van der Waals surface area contributed by atoms with Crippen LogP contribution in [0.1, 0.15) is 50.4 Å². The van der Waals surface area contributed by atoms with Crippen molar-refractivity contribution in [2.75, 3.05) is 38.1 Å². The average molecular weight is 694 g/mol. The molecule has 0 aliphatic carbocycles. The first kappa shape index (κ1) is 35.8. The van der Waals surface area contributed by atoms with Crippen molar-refractivity contribution >= 4 is 43.0 Å². The van der Waals surface area contributed by atoms with Gasteiger partial charge in [-0.05, 0) is 74.9 Å². The third-order valence-corrected chi connectivity index (χ3v) is 12.5. The number of aliphatic hydroxyl groups excluding tert-OH is 1. The van der Waals surface area contributed by atoms with Crippen molar-refractivity contribution < 1.29 is 36.2 Å². The number of carbonyl (C=O) groups is 1. The molecule has 0 bridgehead atoms. The Hall–Kier alpha value is -3.01. The number of sulfonamides is 2. The first-order valence-electron chi connectivity index (χ1n) is 15.2. The molecule has 4 atom stereocenters. The summed E-state index contributed by atoms with van der Waals surface area (Å²) in [6, 6.07) is 15.1. The smallest absolute Gasteiger partial charge is 0.261 e. The van der Waals surface area contributed by atoms with Crippen LogP contribution in [0, 0.1) is 5.92 Å². The van der Waals surface area contributed by atoms with E-state index in [2.05, 4.69) is 4.72 Å². The maximum absolute atomic E-state index is 14.3. The van der Waals surface area contributed by atoms with Crippen LogP contribution in [0.4, 0.5) is 5.69 Å². The summed E-state index contributed by atoms with van der Waals surface area (Å²) in [6.07, 6.45) is 1.35. The molecule has 1 amide bonds. The molecule has 0 spiro atoms. The number of ether oxygens (including phenoxy) is 2. The van der Waals surface area contributed by atoms with Gasteiger partial charge in [-0.25, -0.2) is 16.8 Å². The SMILES string of the molecule is C[C@@H]1CCCCO[C@@H](CN(C)S(=O)(=O)c2cccs2)[C@H](C)CN([C@@H](C)CO)C(=O)c2cc(NS(=O)(=O)c3ccccc3)ccc2O1. The molecule has 1 aliphatic rings. The average Bonchev–Trinajstić information content (AvgIpc) is 3.59. The van der Waals surface area contributed by atoms with Crippen molar-refractivity contribution in [1.82, 2.24) is 9.21 Å². The maximum atomic E-state index is 14.3. The predicted molar refractivity (Wildman–Crippen MR) is 178 cm³/mol. The summed E-state index contributed by atoms with van der Waals surface area (Å²) in [5.41, 5.74) is 0.319. The van der Waals surface area contributed by atoms with Crippen LogP contribution in [0.5, 0.6) is 5.75 Å². The number of rotatable bonds is 9. The van der Waals surface area contributed by atoms with E-state index < -0.39 is 38.1 Å². The molecular weight excluding hydrogens is 651 g/mol. The minimum absolute atomic E-state index is 0.0679. The van der Waals surface area contributed by atoms with Gasteiger partial charge in [0, 0.05) is 38.3 Å². The molecule has 14 heteroatoms. The van der Waals surface area contributed by atoms with Crippen molar-refractivity contribution in [2.45, 2.75) is 67.4 Å². The van der Waals surface area contributed by atoms with Crippen LogP contribution < -0.4 is 9.46 Å². The van der Waals surface area contributed by atoms with Crippen LogP contribution in [0.3, 0.4) is 0 Å². The number of hydrogen-bond acceptors (Lipinski definition) is 9. The Morgan fingerprint density at radius 2 is 1.80 bits per heavy atom. The number of carbonyl (C=O) groups excluding carboxylic acids is 1. The van der Waals surface area contributed by atoms with Crippen LogP contribution in [0.2, 0.25) is 0 Å². The molecule has 2 aromatic carbocycles. The second-order valence-electron chi connectivity index (χ2n) is 11.6. The molecule has 0 saturated heterocycles. The predicted octanol–water partition coefficient (Wildman–Crippen LogP) is 4.67. The molecule has 2 heterocycles. The number of likely N-dealkylation sites (N-methyl/N-ethyl adjacent to an activating group) is 1. The normalized spacial score (nSPS) is 21.2. The lowest BCUT2D eigenvalue weighted by Crippen LogP contribution is -2.48. The minimum Gasteiger partial charge on any atom is -0.490 e. The highest BCUT2D eigenvalue weighted by Crippen LogP contribution is 2.30. The summed E-state index contributed by atoms with van der Waals surface area (Å²) >= 11 is 1.14. The zero-order valence-corrected chi connectivity index (χ0v) is 29.0. The van der Waals surface area contributed by atoms with Gasteiger partial charge in [-0.1, -0.05) is 31.2 Å². The molecule has 0 fully saturated rings. The van der Waals surface area contributed by atoms with Crippen molar-refractivity contribution in [3.05, 3.63) is 71.6 Å². The Bertz CT molecular complexity index is 1650. The monoisotopic (exact) mass is 693 g/mol. The number of nitrogens with zero attached hydrogens (tertiary/aromatic N) is 2. The van der Waals surface area contributed by atoms with E-state index in [1.165, 1.54) is 34.5 Å². The van der Waals surface area contributed by atoms with Gasteiger partial charge in [-0.15, -0.1) is 11.3 Å². The van der Waals surface area contributed by atoms with Crippen LogP contribution in [-0.2, 0) is 24.8 Å². The summed E-state index contributed by atoms with van der Waals surface area (Å²) in [5, 5.41) is 11.9. The molecule has 46 heavy (non-hydrogen) atoms.